The van der Waals surface area contributed by atoms with Crippen LogP contribution in [0.5, 0.6) is 0 Å². The van der Waals surface area contributed by atoms with Crippen LogP contribution < -0.4 is 18.0 Å². The molecular weight excluding hydrogens is 186 g/mol. The van der Waals surface area contributed by atoms with Crippen molar-refractivity contribution in [1.82, 2.24) is 3.96 Å². The Labute approximate surface area is 93.4 Å². The molecule has 1 aromatic heterocycles. The van der Waals surface area contributed by atoms with Crippen LogP contribution in [0.1, 0.15) is 0 Å². The summed E-state index contributed by atoms with van der Waals surface area (Å²) < 4.78 is 1.57. The number of rotatable bonds is 0. The number of nitrogens with zero attached hydrogens (tertiary/aromatic N) is 1. The summed E-state index contributed by atoms with van der Waals surface area (Å²) in [7, 11) is 1.74. The Balaban J connectivity index is 0. The molecule has 5 heteroatoms. The van der Waals surface area contributed by atoms with E-state index in [9.17, 15) is 4.79 Å². The summed E-state index contributed by atoms with van der Waals surface area (Å²) in [5.41, 5.74) is 0.0741. The van der Waals surface area contributed by atoms with Crippen LogP contribution in [0.2, 0.25) is 0 Å². The zero-order valence-corrected chi connectivity index (χ0v) is 8.78. The molecule has 46 valence electrons. The SMILES string of the molecule is Cn1sccc1=O.[Ca+2].[Cl-]. The molecule has 0 unspecified atom stereocenters. The predicted octanol–water partition coefficient (Wildman–Crippen LogP) is -2.93. The van der Waals surface area contributed by atoms with Gasteiger partial charge in [-0.05, 0) is 0 Å². The normalized spacial score (nSPS) is 7.22. The number of aromatic nitrogens is 1. The van der Waals surface area contributed by atoms with Gasteiger partial charge in [0.2, 0.25) is 0 Å². The molecule has 0 amide bonds. The first-order valence-electron chi connectivity index (χ1n) is 1.92. The van der Waals surface area contributed by atoms with Crippen molar-refractivity contribution in [3.05, 3.63) is 21.8 Å². The van der Waals surface area contributed by atoms with E-state index in [4.69, 9.17) is 0 Å². The van der Waals surface area contributed by atoms with E-state index in [-0.39, 0.29) is 55.7 Å². The third kappa shape index (κ3) is 3.63. The summed E-state index contributed by atoms with van der Waals surface area (Å²) in [5, 5.41) is 1.77. The molecule has 2 nitrogen and oxygen atoms in total. The van der Waals surface area contributed by atoms with E-state index in [1.54, 1.807) is 22.5 Å². The first kappa shape index (κ1) is 12.6. The second-order valence-corrected chi connectivity index (χ2v) is 2.27. The Morgan fingerprint density at radius 2 is 2.22 bits per heavy atom. The van der Waals surface area contributed by atoms with Crippen LogP contribution in [-0.2, 0) is 7.05 Å². The van der Waals surface area contributed by atoms with Gasteiger partial charge in [-0.25, -0.2) is 0 Å². The number of hydrogen-bond donors (Lipinski definition) is 0. The maximum atomic E-state index is 10.4. The molecule has 0 saturated heterocycles. The molecule has 0 aromatic carbocycles. The zero-order valence-electron chi connectivity index (χ0n) is 5.00. The van der Waals surface area contributed by atoms with Gasteiger partial charge in [-0.3, -0.25) is 8.75 Å². The Morgan fingerprint density at radius 3 is 2.33 bits per heavy atom. The molecule has 9 heavy (non-hydrogen) atoms. The van der Waals surface area contributed by atoms with E-state index in [0.717, 1.165) is 0 Å². The van der Waals surface area contributed by atoms with Crippen LogP contribution in [0.3, 0.4) is 0 Å². The second-order valence-electron chi connectivity index (χ2n) is 1.24. The Kier molecular flexibility index (Phi) is 8.06. The van der Waals surface area contributed by atoms with Gasteiger partial charge < -0.3 is 12.4 Å². The largest absolute Gasteiger partial charge is 2.00 e. The molecule has 0 radical (unpaired) electrons. The van der Waals surface area contributed by atoms with Gasteiger partial charge in [-0.2, -0.15) is 0 Å². The average Bonchev–Trinajstić information content (AvgIpc) is 1.91. The molecule has 0 atom stereocenters. The number of aryl methyl sites for hydroxylation is 1. The van der Waals surface area contributed by atoms with Crippen LogP contribution in [-0.4, -0.2) is 41.7 Å². The van der Waals surface area contributed by atoms with E-state index < -0.39 is 0 Å². The maximum absolute atomic E-state index is 10.4. The molecule has 1 rings (SSSR count). The minimum absolute atomic E-state index is 0. The Bertz CT molecular complexity index is 208. The van der Waals surface area contributed by atoms with E-state index >= 15 is 0 Å². The molecule has 0 fully saturated rings. The van der Waals surface area contributed by atoms with Gasteiger partial charge in [-0.1, -0.05) is 11.5 Å². The predicted molar refractivity (Wildman–Crippen MR) is 35.3 cm³/mol. The smallest absolute Gasteiger partial charge is 1.00 e. The van der Waals surface area contributed by atoms with Gasteiger partial charge >= 0.3 is 37.7 Å². The van der Waals surface area contributed by atoms with Crippen molar-refractivity contribution in [1.29, 1.82) is 0 Å². The molecule has 0 spiro atoms. The van der Waals surface area contributed by atoms with E-state index in [1.165, 1.54) is 11.5 Å². The molecule has 0 aliphatic rings. The van der Waals surface area contributed by atoms with Crippen molar-refractivity contribution in [3.63, 3.8) is 0 Å². The first-order valence-corrected chi connectivity index (χ1v) is 2.75. The van der Waals surface area contributed by atoms with Gasteiger partial charge in [0.05, 0.1) is 0 Å². The van der Waals surface area contributed by atoms with Crippen molar-refractivity contribution in [2.75, 3.05) is 0 Å². The molecule has 0 N–H and O–H groups in total. The minimum atomic E-state index is 0. The summed E-state index contributed by atoms with van der Waals surface area (Å²) in [5.74, 6) is 0. The van der Waals surface area contributed by atoms with E-state index in [2.05, 4.69) is 0 Å². The molecule has 0 aliphatic carbocycles. The van der Waals surface area contributed by atoms with Crippen molar-refractivity contribution >= 4 is 49.3 Å². The van der Waals surface area contributed by atoms with Gasteiger partial charge in [-0.15, -0.1) is 0 Å². The Hall–Kier alpha value is 0.980. The standard InChI is InChI=1S/C4H5NOS.Ca.ClH/c1-5-4(6)2-3-7-5;;/h2-3H,1H3;;1H/q;+2;/p-1. The zero-order chi connectivity index (χ0) is 5.28. The van der Waals surface area contributed by atoms with Gasteiger partial charge in [0.25, 0.3) is 5.56 Å². The topological polar surface area (TPSA) is 22.0 Å². The summed E-state index contributed by atoms with van der Waals surface area (Å²) in [6, 6.07) is 1.55. The third-order valence-corrected chi connectivity index (χ3v) is 1.49. The monoisotopic (exact) mass is 190 g/mol. The van der Waals surface area contributed by atoms with Crippen LogP contribution >= 0.6 is 11.5 Å². The van der Waals surface area contributed by atoms with Crippen LogP contribution in [0.15, 0.2) is 16.2 Å². The fourth-order valence-electron chi connectivity index (χ4n) is 0.337. The summed E-state index contributed by atoms with van der Waals surface area (Å²) in [6.07, 6.45) is 0. The van der Waals surface area contributed by atoms with Crippen molar-refractivity contribution < 1.29 is 12.4 Å². The van der Waals surface area contributed by atoms with Gasteiger partial charge in [0.1, 0.15) is 0 Å². The first-order chi connectivity index (χ1) is 3.30. The van der Waals surface area contributed by atoms with Crippen LogP contribution in [0, 0.1) is 0 Å². The van der Waals surface area contributed by atoms with Crippen molar-refractivity contribution in [2.45, 2.75) is 0 Å². The second kappa shape index (κ2) is 5.74. The van der Waals surface area contributed by atoms with Crippen molar-refractivity contribution in [3.8, 4) is 0 Å². The molecule has 0 bridgehead atoms. The fourth-order valence-corrected chi connectivity index (χ4v) is 0.861. The van der Waals surface area contributed by atoms with E-state index in [0.29, 0.717) is 0 Å². The number of hydrogen-bond acceptors (Lipinski definition) is 2. The van der Waals surface area contributed by atoms with Crippen LogP contribution in [0.4, 0.5) is 0 Å². The summed E-state index contributed by atoms with van der Waals surface area (Å²) >= 11 is 1.41. The van der Waals surface area contributed by atoms with Crippen molar-refractivity contribution in [2.24, 2.45) is 7.05 Å². The summed E-state index contributed by atoms with van der Waals surface area (Å²) in [6.45, 7) is 0. The van der Waals surface area contributed by atoms with Gasteiger partial charge in [0, 0.05) is 18.5 Å². The quantitative estimate of drug-likeness (QED) is 0.402. The van der Waals surface area contributed by atoms with Crippen LogP contribution in [0.25, 0.3) is 0 Å². The molecule has 0 aliphatic heterocycles. The molecular formula is C4H5CaClNOS+. The average molecular weight is 191 g/mol. The fraction of sp³-hybridized carbons (Fsp3) is 0.250. The minimum Gasteiger partial charge on any atom is -1.00 e. The van der Waals surface area contributed by atoms with Gasteiger partial charge in [0.15, 0.2) is 0 Å². The molecule has 1 heterocycles. The Morgan fingerprint density at radius 1 is 1.67 bits per heavy atom. The third-order valence-electron chi connectivity index (χ3n) is 0.740. The molecule has 1 aromatic rings. The van der Waals surface area contributed by atoms with E-state index in [1.807, 2.05) is 0 Å². The molecule has 0 saturated carbocycles. The summed E-state index contributed by atoms with van der Waals surface area (Å²) in [4.78, 5) is 10.4. The number of halogens is 1. The maximum Gasteiger partial charge on any atom is 2.00 e.